The third-order valence-electron chi connectivity index (χ3n) is 3.80. The molecule has 1 heterocycles. The van der Waals surface area contributed by atoms with Gasteiger partial charge in [0.2, 0.25) is 0 Å². The van der Waals surface area contributed by atoms with E-state index in [-0.39, 0.29) is 27.7 Å². The molecule has 0 aliphatic carbocycles. The molecule has 2 N–H and O–H groups in total. The van der Waals surface area contributed by atoms with Crippen molar-refractivity contribution in [1.29, 1.82) is 0 Å². The third-order valence-corrected chi connectivity index (χ3v) is 5.76. The average Bonchev–Trinajstić information content (AvgIpc) is 2.56. The van der Waals surface area contributed by atoms with Crippen LogP contribution in [0.2, 0.25) is 0 Å². The summed E-state index contributed by atoms with van der Waals surface area (Å²) in [5, 5.41) is 7.42. The van der Waals surface area contributed by atoms with Crippen LogP contribution in [0.4, 0.5) is 10.1 Å². The summed E-state index contributed by atoms with van der Waals surface area (Å²) in [6, 6.07) is 11.3. The number of thiocarbonyl (C=S) groups is 1. The summed E-state index contributed by atoms with van der Waals surface area (Å²) in [6.45, 7) is 1.99. The van der Waals surface area contributed by atoms with Gasteiger partial charge < -0.3 is 5.32 Å². The van der Waals surface area contributed by atoms with Crippen molar-refractivity contribution in [3.05, 3.63) is 59.4 Å². The van der Waals surface area contributed by atoms with E-state index in [0.717, 1.165) is 17.3 Å². The van der Waals surface area contributed by atoms with Gasteiger partial charge in [0.25, 0.3) is 0 Å². The number of sulfone groups is 1. The van der Waals surface area contributed by atoms with Crippen molar-refractivity contribution >= 4 is 38.6 Å². The van der Waals surface area contributed by atoms with Gasteiger partial charge in [0.05, 0.1) is 16.4 Å². The average molecular weight is 377 g/mol. The lowest BCUT2D eigenvalue weighted by Gasteiger charge is -2.18. The van der Waals surface area contributed by atoms with E-state index in [4.69, 9.17) is 12.2 Å². The van der Waals surface area contributed by atoms with Gasteiger partial charge in [-0.25, -0.2) is 12.8 Å². The predicted molar refractivity (Wildman–Crippen MR) is 100 cm³/mol. The fraction of sp³-hybridized carbons (Fsp3) is 0.176. The van der Waals surface area contributed by atoms with E-state index in [0.29, 0.717) is 5.71 Å². The zero-order valence-electron chi connectivity index (χ0n) is 13.4. The Morgan fingerprint density at radius 3 is 2.64 bits per heavy atom. The smallest absolute Gasteiger partial charge is 0.191 e. The molecule has 5 nitrogen and oxygen atoms in total. The fourth-order valence-electron chi connectivity index (χ4n) is 2.50. The van der Waals surface area contributed by atoms with Crippen LogP contribution < -0.4 is 10.7 Å². The summed E-state index contributed by atoms with van der Waals surface area (Å²) in [4.78, 5) is 0.0955. The van der Waals surface area contributed by atoms with Crippen LogP contribution in [0.25, 0.3) is 0 Å². The molecule has 0 spiro atoms. The number of rotatable bonds is 2. The van der Waals surface area contributed by atoms with Gasteiger partial charge >= 0.3 is 0 Å². The third kappa shape index (κ3) is 4.02. The number of nitrogens with one attached hydrogen (secondary N) is 2. The Morgan fingerprint density at radius 1 is 1.20 bits per heavy atom. The van der Waals surface area contributed by atoms with Gasteiger partial charge in [-0.2, -0.15) is 5.10 Å². The van der Waals surface area contributed by atoms with Gasteiger partial charge in [0, 0.05) is 17.7 Å². The SMILES string of the molecule is Cc1ccc(NC(=S)N/N=C2\CCS(=O)(=O)c3ccc(F)cc32)cc1. The molecule has 1 aliphatic rings. The van der Waals surface area contributed by atoms with Gasteiger partial charge in [-0.3, -0.25) is 5.43 Å². The first-order chi connectivity index (χ1) is 11.8. The largest absolute Gasteiger partial charge is 0.331 e. The minimum Gasteiger partial charge on any atom is -0.331 e. The molecule has 1 aliphatic heterocycles. The number of anilines is 1. The summed E-state index contributed by atoms with van der Waals surface area (Å²) in [5.41, 5.74) is 5.36. The highest BCUT2D eigenvalue weighted by Gasteiger charge is 2.28. The van der Waals surface area contributed by atoms with Gasteiger partial charge in [-0.15, -0.1) is 0 Å². The number of aryl methyl sites for hydroxylation is 1. The Bertz CT molecular complexity index is 954. The molecule has 0 aromatic heterocycles. The van der Waals surface area contributed by atoms with Gasteiger partial charge in [0.15, 0.2) is 14.9 Å². The van der Waals surface area contributed by atoms with Crippen LogP contribution in [-0.2, 0) is 9.84 Å². The Labute approximate surface area is 150 Å². The Balaban J connectivity index is 1.79. The van der Waals surface area contributed by atoms with E-state index in [1.807, 2.05) is 31.2 Å². The molecule has 0 amide bonds. The highest BCUT2D eigenvalue weighted by Crippen LogP contribution is 2.26. The topological polar surface area (TPSA) is 70.6 Å². The lowest BCUT2D eigenvalue weighted by Crippen LogP contribution is -2.28. The summed E-state index contributed by atoms with van der Waals surface area (Å²) in [7, 11) is -3.41. The molecule has 3 rings (SSSR count). The number of benzene rings is 2. The molecule has 2 aromatic carbocycles. The number of halogens is 1. The fourth-order valence-corrected chi connectivity index (χ4v) is 4.14. The zero-order valence-corrected chi connectivity index (χ0v) is 15.0. The van der Waals surface area contributed by atoms with Crippen LogP contribution in [0.15, 0.2) is 52.5 Å². The van der Waals surface area contributed by atoms with Gasteiger partial charge in [-0.05, 0) is 49.5 Å². The van der Waals surface area contributed by atoms with E-state index in [9.17, 15) is 12.8 Å². The maximum absolute atomic E-state index is 13.5. The predicted octanol–water partition coefficient (Wildman–Crippen LogP) is 3.00. The van der Waals surface area contributed by atoms with Crippen molar-refractivity contribution in [2.45, 2.75) is 18.2 Å². The number of hydrogen-bond acceptors (Lipinski definition) is 4. The molecular weight excluding hydrogens is 361 g/mol. The number of fused-ring (bicyclic) bond motifs is 1. The standard InChI is InChI=1S/C17H16FN3O2S2/c1-11-2-5-13(6-3-11)19-17(24)21-20-15-8-9-25(22,23)16-7-4-12(18)10-14(15)16/h2-7,10H,8-9H2,1H3,(H2,19,21,24)/b20-15+. The molecule has 130 valence electrons. The maximum atomic E-state index is 13.5. The molecule has 0 atom stereocenters. The van der Waals surface area contributed by atoms with Crippen LogP contribution in [0.1, 0.15) is 17.5 Å². The van der Waals surface area contributed by atoms with Crippen molar-refractivity contribution in [3.8, 4) is 0 Å². The normalized spacial score (nSPS) is 17.0. The highest BCUT2D eigenvalue weighted by molar-refractivity contribution is 7.91. The van der Waals surface area contributed by atoms with Crippen LogP contribution in [0.5, 0.6) is 0 Å². The lowest BCUT2D eigenvalue weighted by molar-refractivity contribution is 0.592. The molecule has 2 aromatic rings. The van der Waals surface area contributed by atoms with E-state index in [1.165, 1.54) is 12.1 Å². The molecule has 0 bridgehead atoms. The van der Waals surface area contributed by atoms with E-state index in [1.54, 1.807) is 0 Å². The second kappa shape index (κ2) is 6.89. The first-order valence-electron chi connectivity index (χ1n) is 7.58. The molecule has 0 radical (unpaired) electrons. The van der Waals surface area contributed by atoms with Crippen molar-refractivity contribution in [2.24, 2.45) is 5.10 Å². The van der Waals surface area contributed by atoms with Crippen molar-refractivity contribution in [1.82, 2.24) is 5.43 Å². The van der Waals surface area contributed by atoms with Crippen LogP contribution >= 0.6 is 12.2 Å². The highest BCUT2D eigenvalue weighted by atomic mass is 32.2. The quantitative estimate of drug-likeness (QED) is 0.478. The number of nitrogens with zero attached hydrogens (tertiary/aromatic N) is 1. The lowest BCUT2D eigenvalue weighted by atomic mass is 10.1. The maximum Gasteiger partial charge on any atom is 0.191 e. The first kappa shape index (κ1) is 17.5. The minimum absolute atomic E-state index is 0.0652. The van der Waals surface area contributed by atoms with Crippen LogP contribution in [0.3, 0.4) is 0 Å². The first-order valence-corrected chi connectivity index (χ1v) is 9.64. The van der Waals surface area contributed by atoms with Crippen LogP contribution in [-0.4, -0.2) is 25.0 Å². The molecule has 0 saturated heterocycles. The minimum atomic E-state index is -3.41. The van der Waals surface area contributed by atoms with E-state index in [2.05, 4.69) is 15.8 Å². The summed E-state index contributed by atoms with van der Waals surface area (Å²) in [6.07, 6.45) is 0.193. The molecule has 0 saturated carbocycles. The Hall–Kier alpha value is -2.32. The molecular formula is C17H16FN3O2S2. The second-order valence-corrected chi connectivity index (χ2v) is 8.19. The molecule has 0 unspecified atom stereocenters. The number of hydrogen-bond donors (Lipinski definition) is 2. The Morgan fingerprint density at radius 2 is 1.92 bits per heavy atom. The van der Waals surface area contributed by atoms with E-state index >= 15 is 0 Å². The summed E-state index contributed by atoms with van der Waals surface area (Å²) in [5.74, 6) is -0.575. The number of hydrazone groups is 1. The zero-order chi connectivity index (χ0) is 18.0. The summed E-state index contributed by atoms with van der Waals surface area (Å²) < 4.78 is 37.7. The van der Waals surface area contributed by atoms with Crippen molar-refractivity contribution < 1.29 is 12.8 Å². The van der Waals surface area contributed by atoms with Gasteiger partial charge in [-0.1, -0.05) is 17.7 Å². The molecule has 0 fully saturated rings. The van der Waals surface area contributed by atoms with Crippen molar-refractivity contribution in [2.75, 3.05) is 11.1 Å². The monoisotopic (exact) mass is 377 g/mol. The molecule has 8 heteroatoms. The second-order valence-electron chi connectivity index (χ2n) is 5.70. The van der Waals surface area contributed by atoms with Crippen molar-refractivity contribution in [3.63, 3.8) is 0 Å². The summed E-state index contributed by atoms with van der Waals surface area (Å²) >= 11 is 5.19. The Kier molecular flexibility index (Phi) is 4.82. The van der Waals surface area contributed by atoms with E-state index < -0.39 is 15.7 Å². The van der Waals surface area contributed by atoms with Gasteiger partial charge in [0.1, 0.15) is 5.82 Å². The molecule has 25 heavy (non-hydrogen) atoms. The van der Waals surface area contributed by atoms with Crippen LogP contribution in [0, 0.1) is 12.7 Å².